The molecule has 0 radical (unpaired) electrons. The van der Waals surface area contributed by atoms with Crippen LogP contribution in [0.5, 0.6) is 5.75 Å². The summed E-state index contributed by atoms with van der Waals surface area (Å²) < 4.78 is 5.42. The minimum absolute atomic E-state index is 0.0495. The highest BCUT2D eigenvalue weighted by Crippen LogP contribution is 2.31. The van der Waals surface area contributed by atoms with E-state index < -0.39 is 0 Å². The fourth-order valence-electron chi connectivity index (χ4n) is 3.26. The van der Waals surface area contributed by atoms with Gasteiger partial charge in [-0.3, -0.25) is 9.59 Å². The minimum Gasteiger partial charge on any atom is -0.496 e. The predicted octanol–water partition coefficient (Wildman–Crippen LogP) is 2.28. The highest BCUT2D eigenvalue weighted by molar-refractivity contribution is 6.30. The highest BCUT2D eigenvalue weighted by atomic mass is 35.5. The van der Waals surface area contributed by atoms with E-state index in [1.54, 1.807) is 13.2 Å². The first-order valence-electron chi connectivity index (χ1n) is 8.39. The van der Waals surface area contributed by atoms with Crippen molar-refractivity contribution in [2.45, 2.75) is 26.2 Å². The lowest BCUT2D eigenvalue weighted by Gasteiger charge is -2.35. The third-order valence-corrected chi connectivity index (χ3v) is 4.95. The Morgan fingerprint density at radius 3 is 2.38 bits per heavy atom. The van der Waals surface area contributed by atoms with Gasteiger partial charge in [0.05, 0.1) is 13.5 Å². The van der Waals surface area contributed by atoms with E-state index in [-0.39, 0.29) is 24.2 Å². The summed E-state index contributed by atoms with van der Waals surface area (Å²) in [6, 6.07) is 3.62. The van der Waals surface area contributed by atoms with Gasteiger partial charge in [0.1, 0.15) is 5.75 Å². The van der Waals surface area contributed by atoms with E-state index in [0.29, 0.717) is 31.2 Å². The molecule has 0 N–H and O–H groups in total. The van der Waals surface area contributed by atoms with Gasteiger partial charge < -0.3 is 14.5 Å². The molecule has 6 heteroatoms. The summed E-state index contributed by atoms with van der Waals surface area (Å²) in [5.41, 5.74) is 1.73. The number of aryl methyl sites for hydroxylation is 1. The van der Waals surface area contributed by atoms with Crippen LogP contribution in [0.25, 0.3) is 0 Å². The van der Waals surface area contributed by atoms with Crippen LogP contribution in [0.1, 0.15) is 24.0 Å². The molecule has 1 saturated carbocycles. The quantitative estimate of drug-likeness (QED) is 0.837. The lowest BCUT2D eigenvalue weighted by atomic mass is 10.1. The molecular formula is C18H23ClN2O3. The van der Waals surface area contributed by atoms with Gasteiger partial charge in [0.2, 0.25) is 11.8 Å². The molecule has 1 aromatic carbocycles. The largest absolute Gasteiger partial charge is 0.496 e. The summed E-state index contributed by atoms with van der Waals surface area (Å²) in [6.45, 7) is 4.37. The number of carbonyl (C=O) groups is 2. The van der Waals surface area contributed by atoms with Crippen LogP contribution < -0.4 is 4.74 Å². The summed E-state index contributed by atoms with van der Waals surface area (Å²) in [7, 11) is 1.60. The van der Waals surface area contributed by atoms with Gasteiger partial charge >= 0.3 is 0 Å². The van der Waals surface area contributed by atoms with Crippen LogP contribution in [0, 0.1) is 12.8 Å². The number of benzene rings is 1. The molecule has 130 valence electrons. The molecule has 0 atom stereocenters. The van der Waals surface area contributed by atoms with E-state index in [2.05, 4.69) is 0 Å². The molecule has 24 heavy (non-hydrogen) atoms. The Hall–Kier alpha value is -1.75. The Bertz CT molecular complexity index is 650. The second-order valence-corrected chi connectivity index (χ2v) is 7.01. The van der Waals surface area contributed by atoms with E-state index >= 15 is 0 Å². The molecule has 2 amide bonds. The van der Waals surface area contributed by atoms with Crippen LogP contribution in [0.4, 0.5) is 0 Å². The third-order valence-electron chi connectivity index (χ3n) is 4.73. The number of carbonyl (C=O) groups excluding carboxylic acids is 2. The fraction of sp³-hybridized carbons (Fsp3) is 0.556. The Morgan fingerprint density at radius 2 is 1.79 bits per heavy atom. The Kier molecular flexibility index (Phi) is 4.99. The number of rotatable bonds is 4. The Balaban J connectivity index is 1.61. The first-order chi connectivity index (χ1) is 11.5. The number of ether oxygens (including phenoxy) is 1. The van der Waals surface area contributed by atoms with Crippen LogP contribution in [-0.4, -0.2) is 54.9 Å². The van der Waals surface area contributed by atoms with Crippen molar-refractivity contribution in [2.75, 3.05) is 33.3 Å². The topological polar surface area (TPSA) is 49.9 Å². The zero-order valence-corrected chi connectivity index (χ0v) is 14.9. The molecule has 1 aromatic rings. The van der Waals surface area contributed by atoms with Gasteiger partial charge in [-0.05, 0) is 37.5 Å². The smallest absolute Gasteiger partial charge is 0.227 e. The van der Waals surface area contributed by atoms with Gasteiger partial charge in [0.15, 0.2) is 0 Å². The van der Waals surface area contributed by atoms with Crippen molar-refractivity contribution >= 4 is 23.4 Å². The van der Waals surface area contributed by atoms with Gasteiger partial charge in [-0.1, -0.05) is 11.6 Å². The molecule has 2 fully saturated rings. The average Bonchev–Trinajstić information content (AvgIpc) is 3.39. The maximum atomic E-state index is 12.6. The van der Waals surface area contributed by atoms with Gasteiger partial charge in [0, 0.05) is 42.7 Å². The van der Waals surface area contributed by atoms with E-state index in [0.717, 1.165) is 29.7 Å². The van der Waals surface area contributed by atoms with Crippen molar-refractivity contribution in [2.24, 2.45) is 5.92 Å². The molecule has 5 nitrogen and oxygen atoms in total. The summed E-state index contributed by atoms with van der Waals surface area (Å²) in [6.07, 6.45) is 2.30. The number of hydrogen-bond donors (Lipinski definition) is 0. The van der Waals surface area contributed by atoms with E-state index in [4.69, 9.17) is 16.3 Å². The van der Waals surface area contributed by atoms with Crippen LogP contribution in [0.3, 0.4) is 0 Å². The predicted molar refractivity (Wildman–Crippen MR) is 92.3 cm³/mol. The number of piperazine rings is 1. The molecular weight excluding hydrogens is 328 g/mol. The normalized spacial score (nSPS) is 17.8. The summed E-state index contributed by atoms with van der Waals surface area (Å²) in [5.74, 6) is 1.27. The van der Waals surface area contributed by atoms with Crippen molar-refractivity contribution in [1.29, 1.82) is 0 Å². The second-order valence-electron chi connectivity index (χ2n) is 6.57. The maximum Gasteiger partial charge on any atom is 0.227 e. The van der Waals surface area contributed by atoms with Gasteiger partial charge in [-0.2, -0.15) is 0 Å². The molecule has 0 spiro atoms. The number of nitrogens with zero attached hydrogens (tertiary/aromatic N) is 2. The Morgan fingerprint density at radius 1 is 1.17 bits per heavy atom. The monoisotopic (exact) mass is 350 g/mol. The SMILES string of the molecule is COc1c(C)cc(Cl)cc1CC(=O)N1CCN(C(=O)C2CC2)CC1. The molecule has 0 aromatic heterocycles. The fourth-order valence-corrected chi connectivity index (χ4v) is 3.56. The molecule has 1 saturated heterocycles. The number of halogens is 1. The Labute approximate surface area is 147 Å². The summed E-state index contributed by atoms with van der Waals surface area (Å²) in [4.78, 5) is 28.4. The molecule has 2 aliphatic rings. The van der Waals surface area contributed by atoms with E-state index in [1.807, 2.05) is 22.8 Å². The number of amides is 2. The van der Waals surface area contributed by atoms with Crippen molar-refractivity contribution in [3.63, 3.8) is 0 Å². The van der Waals surface area contributed by atoms with E-state index in [9.17, 15) is 9.59 Å². The molecule has 0 bridgehead atoms. The van der Waals surface area contributed by atoms with Crippen LogP contribution in [0.15, 0.2) is 12.1 Å². The third kappa shape index (κ3) is 3.66. The lowest BCUT2D eigenvalue weighted by Crippen LogP contribution is -2.51. The minimum atomic E-state index is 0.0495. The average molecular weight is 351 g/mol. The van der Waals surface area contributed by atoms with Crippen molar-refractivity contribution in [1.82, 2.24) is 9.80 Å². The first kappa shape index (κ1) is 17.1. The zero-order chi connectivity index (χ0) is 17.3. The van der Waals surface area contributed by atoms with Crippen molar-refractivity contribution < 1.29 is 14.3 Å². The number of methoxy groups -OCH3 is 1. The highest BCUT2D eigenvalue weighted by Gasteiger charge is 2.35. The standard InChI is InChI=1S/C18H23ClN2O3/c1-12-9-15(19)10-14(17(12)24-2)11-16(22)20-5-7-21(8-6-20)18(23)13-3-4-13/h9-10,13H,3-8,11H2,1-2H3. The van der Waals surface area contributed by atoms with Crippen molar-refractivity contribution in [3.8, 4) is 5.75 Å². The van der Waals surface area contributed by atoms with E-state index in [1.165, 1.54) is 0 Å². The summed E-state index contributed by atoms with van der Waals surface area (Å²) in [5, 5.41) is 0.607. The summed E-state index contributed by atoms with van der Waals surface area (Å²) >= 11 is 6.11. The second kappa shape index (κ2) is 7.01. The number of hydrogen-bond acceptors (Lipinski definition) is 3. The van der Waals surface area contributed by atoms with Crippen LogP contribution in [0.2, 0.25) is 5.02 Å². The van der Waals surface area contributed by atoms with Crippen molar-refractivity contribution in [3.05, 3.63) is 28.3 Å². The maximum absolute atomic E-state index is 12.6. The zero-order valence-electron chi connectivity index (χ0n) is 14.2. The van der Waals surface area contributed by atoms with Gasteiger partial charge in [-0.15, -0.1) is 0 Å². The molecule has 1 aliphatic carbocycles. The first-order valence-corrected chi connectivity index (χ1v) is 8.77. The molecule has 3 rings (SSSR count). The lowest BCUT2D eigenvalue weighted by molar-refractivity contribution is -0.140. The van der Waals surface area contributed by atoms with Gasteiger partial charge in [0.25, 0.3) is 0 Å². The van der Waals surface area contributed by atoms with Gasteiger partial charge in [-0.25, -0.2) is 0 Å². The van der Waals surface area contributed by atoms with Crippen LogP contribution in [-0.2, 0) is 16.0 Å². The molecule has 0 unspecified atom stereocenters. The van der Waals surface area contributed by atoms with Crippen LogP contribution >= 0.6 is 11.6 Å². The molecule has 1 aliphatic heterocycles. The molecule has 1 heterocycles.